The molecule has 29 heavy (non-hydrogen) atoms. The number of amides is 2. The topological polar surface area (TPSA) is 78.9 Å². The van der Waals surface area contributed by atoms with E-state index < -0.39 is 26.1 Å². The number of nitrogens with one attached hydrogen (secondary N) is 1. The van der Waals surface area contributed by atoms with E-state index in [4.69, 9.17) is 4.74 Å². The number of anilines is 1. The van der Waals surface area contributed by atoms with E-state index in [1.54, 1.807) is 31.4 Å². The molecule has 2 aromatic carbocycles. The molecule has 6 nitrogen and oxygen atoms in total. The van der Waals surface area contributed by atoms with Crippen LogP contribution in [0, 0.1) is 5.82 Å². The van der Waals surface area contributed by atoms with E-state index in [0.29, 0.717) is 28.6 Å². The molecular formula is C21H25FN2O4Si. The van der Waals surface area contributed by atoms with Crippen LogP contribution in [0.3, 0.4) is 0 Å². The first kappa shape index (κ1) is 20.9. The number of ether oxygens (including phenoxy) is 1. The predicted molar refractivity (Wildman–Crippen MR) is 112 cm³/mol. The Kier molecular flexibility index (Phi) is 5.65. The SMILES string of the molecule is COc1ccc2c(c1)CCN(C(=O)O)[C@H]2C(=O)Nc1ccc([Si](C)(C)C)c(F)c1. The third-order valence-corrected chi connectivity index (χ3v) is 7.14. The van der Waals surface area contributed by atoms with Gasteiger partial charge in [-0.2, -0.15) is 0 Å². The van der Waals surface area contributed by atoms with Gasteiger partial charge in [-0.05, 0) is 47.0 Å². The molecule has 1 heterocycles. The van der Waals surface area contributed by atoms with Crippen molar-refractivity contribution < 1.29 is 23.8 Å². The molecule has 0 radical (unpaired) electrons. The van der Waals surface area contributed by atoms with E-state index in [0.717, 1.165) is 10.5 Å². The summed E-state index contributed by atoms with van der Waals surface area (Å²) in [5, 5.41) is 13.0. The molecule has 3 rings (SSSR count). The number of hydrogen-bond donors (Lipinski definition) is 2. The average molecular weight is 417 g/mol. The number of methoxy groups -OCH3 is 1. The molecule has 0 saturated carbocycles. The number of rotatable bonds is 4. The zero-order valence-corrected chi connectivity index (χ0v) is 18.0. The highest BCUT2D eigenvalue weighted by Crippen LogP contribution is 2.33. The second-order valence-corrected chi connectivity index (χ2v) is 13.2. The first-order valence-corrected chi connectivity index (χ1v) is 12.9. The minimum absolute atomic E-state index is 0.191. The second kappa shape index (κ2) is 7.86. The van der Waals surface area contributed by atoms with E-state index in [1.165, 1.54) is 6.07 Å². The van der Waals surface area contributed by atoms with Crippen molar-refractivity contribution in [1.29, 1.82) is 0 Å². The highest BCUT2D eigenvalue weighted by atomic mass is 28.3. The fourth-order valence-corrected chi connectivity index (χ4v) is 5.00. The zero-order chi connectivity index (χ0) is 21.3. The smallest absolute Gasteiger partial charge is 0.408 e. The number of benzene rings is 2. The molecular weight excluding hydrogens is 391 g/mol. The van der Waals surface area contributed by atoms with Gasteiger partial charge in [0.05, 0.1) is 15.2 Å². The highest BCUT2D eigenvalue weighted by molar-refractivity contribution is 6.88. The van der Waals surface area contributed by atoms with Crippen LogP contribution in [0.2, 0.25) is 19.6 Å². The third kappa shape index (κ3) is 4.27. The number of halogens is 1. The summed E-state index contributed by atoms with van der Waals surface area (Å²) in [5.41, 5.74) is 1.78. The third-order valence-electron chi connectivity index (χ3n) is 5.12. The average Bonchev–Trinajstić information content (AvgIpc) is 2.65. The molecule has 154 valence electrons. The number of carboxylic acid groups (broad SMARTS) is 1. The number of hydrogen-bond acceptors (Lipinski definition) is 3. The maximum Gasteiger partial charge on any atom is 0.408 e. The van der Waals surface area contributed by atoms with Crippen LogP contribution < -0.4 is 15.2 Å². The van der Waals surface area contributed by atoms with Gasteiger partial charge < -0.3 is 15.2 Å². The maximum absolute atomic E-state index is 14.5. The van der Waals surface area contributed by atoms with Gasteiger partial charge in [0.2, 0.25) is 0 Å². The molecule has 2 N–H and O–H groups in total. The fraction of sp³-hybridized carbons (Fsp3) is 0.333. The van der Waals surface area contributed by atoms with Gasteiger partial charge in [-0.25, -0.2) is 9.18 Å². The van der Waals surface area contributed by atoms with Gasteiger partial charge in [-0.15, -0.1) is 0 Å². The van der Waals surface area contributed by atoms with Gasteiger partial charge in [0, 0.05) is 12.2 Å². The van der Waals surface area contributed by atoms with Crippen molar-refractivity contribution in [3.8, 4) is 5.75 Å². The summed E-state index contributed by atoms with van der Waals surface area (Å²) in [5.74, 6) is -0.222. The lowest BCUT2D eigenvalue weighted by molar-refractivity contribution is -0.121. The van der Waals surface area contributed by atoms with Crippen LogP contribution >= 0.6 is 0 Å². The summed E-state index contributed by atoms with van der Waals surface area (Å²) in [6.45, 7) is 6.32. The van der Waals surface area contributed by atoms with E-state index in [2.05, 4.69) is 5.32 Å². The molecule has 0 bridgehead atoms. The summed E-state index contributed by atoms with van der Waals surface area (Å²) in [7, 11) is -0.288. The summed E-state index contributed by atoms with van der Waals surface area (Å²) < 4.78 is 19.8. The summed E-state index contributed by atoms with van der Waals surface area (Å²) in [6.07, 6.45) is -0.686. The van der Waals surface area contributed by atoms with Crippen LogP contribution in [0.15, 0.2) is 36.4 Å². The quantitative estimate of drug-likeness (QED) is 0.747. The predicted octanol–water partition coefficient (Wildman–Crippen LogP) is 3.60. The highest BCUT2D eigenvalue weighted by Gasteiger charge is 2.36. The van der Waals surface area contributed by atoms with Gasteiger partial charge in [0.25, 0.3) is 5.91 Å². The summed E-state index contributed by atoms with van der Waals surface area (Å²) in [6, 6.07) is 8.88. The molecule has 1 aliphatic heterocycles. The lowest BCUT2D eigenvalue weighted by Crippen LogP contribution is -2.44. The Morgan fingerprint density at radius 2 is 1.93 bits per heavy atom. The largest absolute Gasteiger partial charge is 0.497 e. The Bertz CT molecular complexity index is 958. The Labute approximate surface area is 170 Å². The zero-order valence-electron chi connectivity index (χ0n) is 17.0. The van der Waals surface area contributed by atoms with Crippen LogP contribution in [0.5, 0.6) is 5.75 Å². The van der Waals surface area contributed by atoms with Crippen LogP contribution in [0.4, 0.5) is 14.9 Å². The molecule has 0 fully saturated rings. The Balaban J connectivity index is 1.92. The fourth-order valence-electron chi connectivity index (χ4n) is 3.63. The number of carbonyl (C=O) groups excluding carboxylic acids is 1. The Morgan fingerprint density at radius 3 is 2.52 bits per heavy atom. The standard InChI is InChI=1S/C21H25FN2O4Si/c1-28-15-6-7-16-13(11-15)9-10-24(21(26)27)19(16)20(25)23-14-5-8-18(17(22)12-14)29(2,3)4/h5-8,11-12,19H,9-10H2,1-4H3,(H,23,25)(H,26,27)/t19-/m1/s1. The monoisotopic (exact) mass is 416 g/mol. The van der Waals surface area contributed by atoms with Crippen LogP contribution in [-0.2, 0) is 11.2 Å². The normalized spacial score (nSPS) is 16.2. The molecule has 0 spiro atoms. The van der Waals surface area contributed by atoms with Crippen LogP contribution in [-0.4, -0.2) is 43.7 Å². The molecule has 8 heteroatoms. The summed E-state index contributed by atoms with van der Waals surface area (Å²) >= 11 is 0. The van der Waals surface area contributed by atoms with Gasteiger partial charge in [0.1, 0.15) is 17.6 Å². The lowest BCUT2D eigenvalue weighted by Gasteiger charge is -2.34. The van der Waals surface area contributed by atoms with Crippen molar-refractivity contribution in [3.05, 3.63) is 53.3 Å². The van der Waals surface area contributed by atoms with E-state index >= 15 is 0 Å². The number of carbonyl (C=O) groups is 2. The second-order valence-electron chi connectivity index (χ2n) is 8.13. The number of fused-ring (bicyclic) bond motifs is 1. The van der Waals surface area contributed by atoms with Crippen molar-refractivity contribution in [1.82, 2.24) is 4.90 Å². The molecule has 2 amide bonds. The first-order chi connectivity index (χ1) is 13.6. The van der Waals surface area contributed by atoms with Gasteiger partial charge in [0.15, 0.2) is 0 Å². The van der Waals surface area contributed by atoms with E-state index in [1.807, 2.05) is 25.7 Å². The summed E-state index contributed by atoms with van der Waals surface area (Å²) in [4.78, 5) is 25.9. The molecule has 1 aliphatic rings. The lowest BCUT2D eigenvalue weighted by atomic mass is 9.92. The van der Waals surface area contributed by atoms with Crippen molar-refractivity contribution >= 4 is 30.9 Å². The maximum atomic E-state index is 14.5. The van der Waals surface area contributed by atoms with E-state index in [9.17, 15) is 19.1 Å². The van der Waals surface area contributed by atoms with Crippen molar-refractivity contribution in [2.45, 2.75) is 32.1 Å². The van der Waals surface area contributed by atoms with Gasteiger partial charge >= 0.3 is 6.09 Å². The molecule has 1 atom stereocenters. The molecule has 0 saturated heterocycles. The van der Waals surface area contributed by atoms with E-state index in [-0.39, 0.29) is 12.4 Å². The molecule has 2 aromatic rings. The molecule has 0 unspecified atom stereocenters. The molecule has 0 aromatic heterocycles. The van der Waals surface area contributed by atoms with Crippen molar-refractivity contribution in [2.24, 2.45) is 0 Å². The first-order valence-electron chi connectivity index (χ1n) is 9.39. The van der Waals surface area contributed by atoms with Crippen molar-refractivity contribution in [2.75, 3.05) is 19.0 Å². The minimum Gasteiger partial charge on any atom is -0.497 e. The Morgan fingerprint density at radius 1 is 1.21 bits per heavy atom. The molecule has 0 aliphatic carbocycles. The van der Waals surface area contributed by atoms with Gasteiger partial charge in [-0.3, -0.25) is 9.69 Å². The van der Waals surface area contributed by atoms with Crippen molar-refractivity contribution in [3.63, 3.8) is 0 Å². The van der Waals surface area contributed by atoms with Crippen LogP contribution in [0.1, 0.15) is 17.2 Å². The minimum atomic E-state index is -1.84. The van der Waals surface area contributed by atoms with Gasteiger partial charge in [-0.1, -0.05) is 31.8 Å². The van der Waals surface area contributed by atoms with Crippen LogP contribution in [0.25, 0.3) is 0 Å². The number of nitrogens with zero attached hydrogens (tertiary/aromatic N) is 1. The Hall–Kier alpha value is -2.87.